The highest BCUT2D eigenvalue weighted by Crippen LogP contribution is 2.26. The number of hydrogen-bond acceptors (Lipinski definition) is 2. The second-order valence-electron chi connectivity index (χ2n) is 4.52. The summed E-state index contributed by atoms with van der Waals surface area (Å²) in [6.45, 7) is 0. The standard InChI is InChI=1S/C14H6I2N2O2/c15-11-7-3-1-5-17(7)13(19)10-9(11)14(20)18-6-2-4-8(18)12(10)16/h1-6H. The third-order valence-corrected chi connectivity index (χ3v) is 5.69. The lowest BCUT2D eigenvalue weighted by atomic mass is 10.2. The molecule has 0 amide bonds. The molecule has 0 N–H and O–H groups in total. The van der Waals surface area contributed by atoms with Gasteiger partial charge in [-0.3, -0.25) is 18.4 Å². The summed E-state index contributed by atoms with van der Waals surface area (Å²) < 4.78 is 4.84. The summed E-state index contributed by atoms with van der Waals surface area (Å²) in [5.74, 6) is 0. The zero-order valence-electron chi connectivity index (χ0n) is 9.93. The van der Waals surface area contributed by atoms with Gasteiger partial charge in [0.2, 0.25) is 0 Å². The smallest absolute Gasteiger partial charge is 0.264 e. The van der Waals surface area contributed by atoms with Crippen molar-refractivity contribution < 1.29 is 0 Å². The molecule has 4 aromatic rings. The van der Waals surface area contributed by atoms with Gasteiger partial charge in [0, 0.05) is 12.4 Å². The minimum Gasteiger partial charge on any atom is -0.283 e. The Bertz CT molecular complexity index is 1020. The van der Waals surface area contributed by atoms with E-state index in [1.165, 1.54) is 0 Å². The molecular weight excluding hydrogens is 482 g/mol. The first-order chi connectivity index (χ1) is 9.61. The van der Waals surface area contributed by atoms with Crippen LogP contribution in [-0.2, 0) is 0 Å². The van der Waals surface area contributed by atoms with E-state index < -0.39 is 0 Å². The molecule has 6 heteroatoms. The molecule has 4 rings (SSSR count). The molecule has 0 bridgehead atoms. The first-order valence-electron chi connectivity index (χ1n) is 5.86. The number of pyridine rings is 2. The lowest BCUT2D eigenvalue weighted by Gasteiger charge is -2.07. The van der Waals surface area contributed by atoms with Gasteiger partial charge in [-0.2, -0.15) is 0 Å². The van der Waals surface area contributed by atoms with Gasteiger partial charge in [0.15, 0.2) is 0 Å². The van der Waals surface area contributed by atoms with Crippen molar-refractivity contribution in [1.29, 1.82) is 0 Å². The summed E-state index contributed by atoms with van der Waals surface area (Å²) in [4.78, 5) is 25.3. The lowest BCUT2D eigenvalue weighted by molar-refractivity contribution is 1.11. The molecule has 0 aromatic carbocycles. The molecule has 0 aliphatic heterocycles. The van der Waals surface area contributed by atoms with E-state index in [0.717, 1.165) is 18.2 Å². The fourth-order valence-electron chi connectivity index (χ4n) is 2.59. The van der Waals surface area contributed by atoms with Crippen molar-refractivity contribution >= 4 is 67.0 Å². The van der Waals surface area contributed by atoms with Crippen LogP contribution in [0.15, 0.2) is 46.2 Å². The van der Waals surface area contributed by atoms with Gasteiger partial charge in [0.25, 0.3) is 11.1 Å². The zero-order valence-corrected chi connectivity index (χ0v) is 14.2. The summed E-state index contributed by atoms with van der Waals surface area (Å²) in [7, 11) is 0. The molecule has 4 nitrogen and oxygen atoms in total. The highest BCUT2D eigenvalue weighted by molar-refractivity contribution is 14.1. The van der Waals surface area contributed by atoms with Crippen LogP contribution in [0.4, 0.5) is 0 Å². The van der Waals surface area contributed by atoms with E-state index >= 15 is 0 Å². The van der Waals surface area contributed by atoms with E-state index in [1.54, 1.807) is 21.2 Å². The molecule has 0 aliphatic rings. The van der Waals surface area contributed by atoms with Crippen molar-refractivity contribution in [1.82, 2.24) is 8.80 Å². The van der Waals surface area contributed by atoms with Crippen LogP contribution in [0.25, 0.3) is 21.8 Å². The first-order valence-corrected chi connectivity index (χ1v) is 8.02. The van der Waals surface area contributed by atoms with Gasteiger partial charge in [-0.15, -0.1) is 0 Å². The van der Waals surface area contributed by atoms with E-state index in [-0.39, 0.29) is 11.1 Å². The maximum absolute atomic E-state index is 12.6. The molecule has 0 fully saturated rings. The highest BCUT2D eigenvalue weighted by Gasteiger charge is 2.18. The van der Waals surface area contributed by atoms with Gasteiger partial charge in [-0.1, -0.05) is 0 Å². The Morgan fingerprint density at radius 2 is 1.15 bits per heavy atom. The molecule has 4 heterocycles. The topological polar surface area (TPSA) is 43.0 Å². The molecule has 0 saturated carbocycles. The maximum atomic E-state index is 12.6. The summed E-state index contributed by atoms with van der Waals surface area (Å²) >= 11 is 4.29. The Kier molecular flexibility index (Phi) is 2.62. The Morgan fingerprint density at radius 1 is 0.750 bits per heavy atom. The van der Waals surface area contributed by atoms with Crippen LogP contribution in [0, 0.1) is 7.14 Å². The van der Waals surface area contributed by atoms with Crippen LogP contribution >= 0.6 is 45.2 Å². The normalized spacial score (nSPS) is 11.9. The van der Waals surface area contributed by atoms with E-state index in [2.05, 4.69) is 45.2 Å². The number of fused-ring (bicyclic) bond motifs is 3. The summed E-state index contributed by atoms with van der Waals surface area (Å²) in [5, 5.41) is 1.02. The molecule has 98 valence electrons. The fraction of sp³-hybridized carbons (Fsp3) is 0. The van der Waals surface area contributed by atoms with Crippen molar-refractivity contribution in [2.75, 3.05) is 0 Å². The Balaban J connectivity index is 2.54. The van der Waals surface area contributed by atoms with Gasteiger partial charge >= 0.3 is 0 Å². The van der Waals surface area contributed by atoms with Gasteiger partial charge in [-0.25, -0.2) is 0 Å². The van der Waals surface area contributed by atoms with E-state index in [0.29, 0.717) is 10.8 Å². The Hall–Kier alpha value is -1.16. The van der Waals surface area contributed by atoms with Gasteiger partial charge in [-0.05, 0) is 69.4 Å². The van der Waals surface area contributed by atoms with Crippen LogP contribution in [0.3, 0.4) is 0 Å². The van der Waals surface area contributed by atoms with E-state index in [9.17, 15) is 9.59 Å². The summed E-state index contributed by atoms with van der Waals surface area (Å²) in [5.41, 5.74) is 1.29. The Morgan fingerprint density at radius 3 is 1.55 bits per heavy atom. The second kappa shape index (κ2) is 4.17. The number of hydrogen-bond donors (Lipinski definition) is 0. The van der Waals surface area contributed by atoms with Crippen molar-refractivity contribution in [3.63, 3.8) is 0 Å². The SMILES string of the molecule is O=c1c2c(I)c3cccn3c(=O)c2c(I)c2cccn12. The summed E-state index contributed by atoms with van der Waals surface area (Å²) in [6.07, 6.45) is 3.48. The molecule has 20 heavy (non-hydrogen) atoms. The number of nitrogens with zero attached hydrogens (tertiary/aromatic N) is 2. The van der Waals surface area contributed by atoms with Gasteiger partial charge < -0.3 is 0 Å². The van der Waals surface area contributed by atoms with Crippen LogP contribution in [-0.4, -0.2) is 8.80 Å². The first kappa shape index (κ1) is 12.6. The minimum absolute atomic E-state index is 0.134. The molecule has 0 aliphatic carbocycles. The van der Waals surface area contributed by atoms with E-state index in [1.807, 2.05) is 24.3 Å². The molecular formula is C14H6I2N2O2. The molecule has 0 radical (unpaired) electrons. The number of halogens is 2. The highest BCUT2D eigenvalue weighted by atomic mass is 127. The van der Waals surface area contributed by atoms with Crippen LogP contribution < -0.4 is 11.1 Å². The predicted octanol–water partition coefficient (Wildman–Crippen LogP) is 2.71. The third-order valence-electron chi connectivity index (χ3n) is 3.50. The quantitative estimate of drug-likeness (QED) is 0.358. The monoisotopic (exact) mass is 488 g/mol. The molecule has 0 saturated heterocycles. The van der Waals surface area contributed by atoms with Crippen molar-refractivity contribution in [2.24, 2.45) is 0 Å². The molecule has 0 spiro atoms. The van der Waals surface area contributed by atoms with Crippen LogP contribution in [0.2, 0.25) is 0 Å². The van der Waals surface area contributed by atoms with Crippen LogP contribution in [0.1, 0.15) is 0 Å². The van der Waals surface area contributed by atoms with Crippen LogP contribution in [0.5, 0.6) is 0 Å². The second-order valence-corrected chi connectivity index (χ2v) is 6.67. The van der Waals surface area contributed by atoms with Gasteiger partial charge in [0.05, 0.1) is 28.9 Å². The zero-order chi connectivity index (χ0) is 14.0. The number of aromatic nitrogens is 2. The average Bonchev–Trinajstić information content (AvgIpc) is 3.08. The largest absolute Gasteiger partial charge is 0.283 e. The van der Waals surface area contributed by atoms with Crippen molar-refractivity contribution in [3.05, 3.63) is 64.5 Å². The predicted molar refractivity (Wildman–Crippen MR) is 95.0 cm³/mol. The minimum atomic E-state index is -0.134. The Labute approximate surface area is 139 Å². The third kappa shape index (κ3) is 1.40. The van der Waals surface area contributed by atoms with Crippen molar-refractivity contribution in [3.8, 4) is 0 Å². The van der Waals surface area contributed by atoms with Crippen molar-refractivity contribution in [2.45, 2.75) is 0 Å². The van der Waals surface area contributed by atoms with E-state index in [4.69, 9.17) is 0 Å². The number of rotatable bonds is 0. The average molecular weight is 488 g/mol. The fourth-order valence-corrected chi connectivity index (χ4v) is 4.47. The summed E-state index contributed by atoms with van der Waals surface area (Å²) in [6, 6.07) is 7.35. The molecule has 0 atom stereocenters. The molecule has 0 unspecified atom stereocenters. The molecule has 4 aromatic heterocycles. The lowest BCUT2D eigenvalue weighted by Crippen LogP contribution is -2.22. The van der Waals surface area contributed by atoms with Gasteiger partial charge in [0.1, 0.15) is 0 Å². The maximum Gasteiger partial charge on any atom is 0.264 e.